The van der Waals surface area contributed by atoms with Gasteiger partial charge in [-0.2, -0.15) is 5.10 Å². The zero-order valence-electron chi connectivity index (χ0n) is 17.4. The molecule has 0 aliphatic carbocycles. The van der Waals surface area contributed by atoms with Crippen LogP contribution in [-0.4, -0.2) is 55.2 Å². The maximum atomic E-state index is 12.5. The number of esters is 1. The lowest BCUT2D eigenvalue weighted by atomic mass is 10.1. The van der Waals surface area contributed by atoms with Crippen LogP contribution in [0.3, 0.4) is 0 Å². The first-order valence-electron chi connectivity index (χ1n) is 9.64. The van der Waals surface area contributed by atoms with Crippen LogP contribution in [0.2, 0.25) is 0 Å². The van der Waals surface area contributed by atoms with E-state index >= 15 is 0 Å². The molecule has 0 radical (unpaired) electrons. The molecule has 9 nitrogen and oxygen atoms in total. The fourth-order valence-electron chi connectivity index (χ4n) is 3.17. The summed E-state index contributed by atoms with van der Waals surface area (Å²) in [5.41, 5.74) is 6.96. The highest BCUT2D eigenvalue weighted by Gasteiger charge is 2.35. The average Bonchev–Trinajstić information content (AvgIpc) is 3.24. The number of nitrogens with zero attached hydrogens (tertiary/aromatic N) is 3. The number of para-hydroxylation sites is 2. The van der Waals surface area contributed by atoms with Crippen LogP contribution in [0.4, 0.5) is 5.69 Å². The SMILES string of the molecule is COc1ccccc1CN(C)C(=O)COC(=O)C1=NN(c2ccccc2)C(C(N)=O)C1. The van der Waals surface area contributed by atoms with Gasteiger partial charge in [-0.1, -0.05) is 36.4 Å². The van der Waals surface area contributed by atoms with Gasteiger partial charge in [0.2, 0.25) is 5.91 Å². The molecule has 1 aliphatic heterocycles. The Kier molecular flexibility index (Phi) is 6.86. The number of hydrogen-bond acceptors (Lipinski definition) is 7. The molecule has 0 saturated heterocycles. The number of amides is 2. The normalized spacial score (nSPS) is 15.2. The minimum atomic E-state index is -0.797. The first kappa shape index (κ1) is 21.8. The fourth-order valence-corrected chi connectivity index (χ4v) is 3.17. The van der Waals surface area contributed by atoms with Gasteiger partial charge in [0.05, 0.1) is 12.8 Å². The van der Waals surface area contributed by atoms with Gasteiger partial charge in [-0.15, -0.1) is 0 Å². The monoisotopic (exact) mass is 424 g/mol. The number of likely N-dealkylation sites (N-methyl/N-ethyl adjacent to an activating group) is 1. The van der Waals surface area contributed by atoms with Crippen LogP contribution in [0.1, 0.15) is 12.0 Å². The van der Waals surface area contributed by atoms with Crippen molar-refractivity contribution in [1.82, 2.24) is 4.90 Å². The Bertz CT molecular complexity index is 992. The molecule has 31 heavy (non-hydrogen) atoms. The zero-order chi connectivity index (χ0) is 22.4. The van der Waals surface area contributed by atoms with E-state index in [1.54, 1.807) is 44.5 Å². The number of hydrogen-bond donors (Lipinski definition) is 1. The molecule has 0 fully saturated rings. The van der Waals surface area contributed by atoms with E-state index in [4.69, 9.17) is 15.2 Å². The number of nitrogens with two attached hydrogens (primary N) is 1. The van der Waals surface area contributed by atoms with Gasteiger partial charge in [-0.3, -0.25) is 14.6 Å². The fraction of sp³-hybridized carbons (Fsp3) is 0.273. The molecule has 2 amide bonds. The predicted molar refractivity (Wildman–Crippen MR) is 114 cm³/mol. The molecule has 0 aromatic heterocycles. The number of benzene rings is 2. The number of hydrazone groups is 1. The van der Waals surface area contributed by atoms with Crippen molar-refractivity contribution < 1.29 is 23.9 Å². The molecule has 1 unspecified atom stereocenters. The molecule has 2 N–H and O–H groups in total. The van der Waals surface area contributed by atoms with Crippen molar-refractivity contribution >= 4 is 29.2 Å². The van der Waals surface area contributed by atoms with Crippen LogP contribution in [-0.2, 0) is 25.7 Å². The third kappa shape index (κ3) is 5.19. The molecule has 2 aromatic rings. The predicted octanol–water partition coefficient (Wildman–Crippen LogP) is 1.32. The Morgan fingerprint density at radius 2 is 1.81 bits per heavy atom. The van der Waals surface area contributed by atoms with Gasteiger partial charge in [0, 0.05) is 25.6 Å². The number of ether oxygens (including phenoxy) is 2. The zero-order valence-corrected chi connectivity index (χ0v) is 17.4. The summed E-state index contributed by atoms with van der Waals surface area (Å²) in [5.74, 6) is -1.09. The highest BCUT2D eigenvalue weighted by atomic mass is 16.5. The Morgan fingerprint density at radius 1 is 1.13 bits per heavy atom. The van der Waals surface area contributed by atoms with Gasteiger partial charge in [0.15, 0.2) is 6.61 Å². The van der Waals surface area contributed by atoms with Gasteiger partial charge in [-0.25, -0.2) is 4.79 Å². The summed E-state index contributed by atoms with van der Waals surface area (Å²) in [5, 5.41) is 5.60. The highest BCUT2D eigenvalue weighted by Crippen LogP contribution is 2.24. The quantitative estimate of drug-likeness (QED) is 0.639. The topological polar surface area (TPSA) is 115 Å². The Hall–Kier alpha value is -3.88. The first-order chi connectivity index (χ1) is 14.9. The van der Waals surface area contributed by atoms with Crippen molar-refractivity contribution in [2.75, 3.05) is 25.8 Å². The van der Waals surface area contributed by atoms with E-state index in [9.17, 15) is 14.4 Å². The second-order valence-electron chi connectivity index (χ2n) is 6.99. The maximum absolute atomic E-state index is 12.5. The van der Waals surface area contributed by atoms with E-state index in [2.05, 4.69) is 5.10 Å². The van der Waals surface area contributed by atoms with Crippen LogP contribution in [0.5, 0.6) is 5.75 Å². The lowest BCUT2D eigenvalue weighted by Crippen LogP contribution is -2.39. The Morgan fingerprint density at radius 3 is 2.48 bits per heavy atom. The van der Waals surface area contributed by atoms with Crippen molar-refractivity contribution in [3.05, 3.63) is 60.2 Å². The van der Waals surface area contributed by atoms with Gasteiger partial charge >= 0.3 is 5.97 Å². The minimum Gasteiger partial charge on any atom is -0.496 e. The molecular formula is C22H24N4O5. The largest absolute Gasteiger partial charge is 0.496 e. The van der Waals surface area contributed by atoms with E-state index in [1.165, 1.54) is 9.91 Å². The third-order valence-corrected chi connectivity index (χ3v) is 4.85. The van der Waals surface area contributed by atoms with Crippen molar-refractivity contribution in [2.24, 2.45) is 10.8 Å². The molecule has 0 spiro atoms. The second kappa shape index (κ2) is 9.75. The van der Waals surface area contributed by atoms with Crippen LogP contribution in [0, 0.1) is 0 Å². The number of anilines is 1. The first-order valence-corrected chi connectivity index (χ1v) is 9.64. The molecule has 0 bridgehead atoms. The minimum absolute atomic E-state index is 0.00824. The third-order valence-electron chi connectivity index (χ3n) is 4.85. The number of methoxy groups -OCH3 is 1. The second-order valence-corrected chi connectivity index (χ2v) is 6.99. The summed E-state index contributed by atoms with van der Waals surface area (Å²) in [6, 6.07) is 15.5. The van der Waals surface area contributed by atoms with E-state index in [0.717, 1.165) is 5.56 Å². The molecule has 0 saturated carbocycles. The van der Waals surface area contributed by atoms with E-state index in [-0.39, 0.29) is 18.0 Å². The standard InChI is InChI=1S/C22H24N4O5/c1-25(13-15-8-6-7-11-19(15)30-2)20(27)14-31-22(29)17-12-18(21(23)28)26(24-17)16-9-4-3-5-10-16/h3-11,18H,12-14H2,1-2H3,(H2,23,28). The molecule has 1 aliphatic rings. The number of primary amides is 1. The molecule has 9 heteroatoms. The van der Waals surface area contributed by atoms with Crippen molar-refractivity contribution in [1.29, 1.82) is 0 Å². The van der Waals surface area contributed by atoms with Crippen LogP contribution < -0.4 is 15.5 Å². The Balaban J connectivity index is 1.60. The maximum Gasteiger partial charge on any atom is 0.355 e. The number of carbonyl (C=O) groups is 3. The van der Waals surface area contributed by atoms with Gasteiger partial charge in [-0.05, 0) is 18.2 Å². The van der Waals surface area contributed by atoms with E-state index < -0.39 is 24.5 Å². The molecule has 1 atom stereocenters. The van der Waals surface area contributed by atoms with Crippen LogP contribution >= 0.6 is 0 Å². The Labute approximate surface area is 180 Å². The van der Waals surface area contributed by atoms with Crippen molar-refractivity contribution in [2.45, 2.75) is 19.0 Å². The lowest BCUT2D eigenvalue weighted by Gasteiger charge is -2.20. The average molecular weight is 424 g/mol. The summed E-state index contributed by atoms with van der Waals surface area (Å²) >= 11 is 0. The molecular weight excluding hydrogens is 400 g/mol. The molecule has 1 heterocycles. The highest BCUT2D eigenvalue weighted by molar-refractivity contribution is 6.38. The van der Waals surface area contributed by atoms with Crippen LogP contribution in [0.15, 0.2) is 59.7 Å². The van der Waals surface area contributed by atoms with Gasteiger partial charge in [0.1, 0.15) is 17.5 Å². The lowest BCUT2D eigenvalue weighted by molar-refractivity contribution is -0.146. The van der Waals surface area contributed by atoms with Gasteiger partial charge < -0.3 is 20.1 Å². The molecule has 162 valence electrons. The summed E-state index contributed by atoms with van der Waals surface area (Å²) in [6.07, 6.45) is 0.00824. The number of rotatable bonds is 8. The smallest absolute Gasteiger partial charge is 0.355 e. The van der Waals surface area contributed by atoms with Gasteiger partial charge in [0.25, 0.3) is 5.91 Å². The summed E-state index contributed by atoms with van der Waals surface area (Å²) in [7, 11) is 3.17. The summed E-state index contributed by atoms with van der Waals surface area (Å²) in [4.78, 5) is 38.1. The van der Waals surface area contributed by atoms with E-state index in [1.807, 2.05) is 24.3 Å². The van der Waals surface area contributed by atoms with Crippen molar-refractivity contribution in [3.8, 4) is 5.75 Å². The van der Waals surface area contributed by atoms with E-state index in [0.29, 0.717) is 18.0 Å². The molecule has 2 aromatic carbocycles. The molecule has 3 rings (SSSR count). The summed E-state index contributed by atoms with van der Waals surface area (Å²) in [6.45, 7) is -0.150. The van der Waals surface area contributed by atoms with Crippen LogP contribution in [0.25, 0.3) is 0 Å². The summed E-state index contributed by atoms with van der Waals surface area (Å²) < 4.78 is 10.4. The van der Waals surface area contributed by atoms with Crippen molar-refractivity contribution in [3.63, 3.8) is 0 Å². The number of carbonyl (C=O) groups excluding carboxylic acids is 3.